The Labute approximate surface area is 101 Å². The van der Waals surface area contributed by atoms with Crippen LogP contribution in [0.1, 0.15) is 48.9 Å². The summed E-state index contributed by atoms with van der Waals surface area (Å²) in [6.07, 6.45) is 2.44. The maximum absolute atomic E-state index is 11.9. The van der Waals surface area contributed by atoms with Gasteiger partial charge in [0.2, 0.25) is 0 Å². The predicted octanol–water partition coefficient (Wildman–Crippen LogP) is 1.18. The average molecular weight is 237 g/mol. The first-order valence-electron chi connectivity index (χ1n) is 5.92. The maximum Gasteiger partial charge on any atom is 0.359 e. The standard InChI is InChI=1S/C12H19N3O2/c1-12(2,3)17-11(16)10-8-5-4-7(13)6-9(8)14-15-10/h7H,4-6,13H2,1-3H3,(H,14,15). The first-order chi connectivity index (χ1) is 7.87. The molecule has 1 aliphatic rings. The van der Waals surface area contributed by atoms with Gasteiger partial charge >= 0.3 is 5.97 Å². The van der Waals surface area contributed by atoms with Gasteiger partial charge in [0.05, 0.1) is 0 Å². The Kier molecular flexibility index (Phi) is 2.95. The highest BCUT2D eigenvalue weighted by molar-refractivity contribution is 5.89. The monoisotopic (exact) mass is 237 g/mol. The summed E-state index contributed by atoms with van der Waals surface area (Å²) >= 11 is 0. The van der Waals surface area contributed by atoms with Crippen LogP contribution in [0.15, 0.2) is 0 Å². The van der Waals surface area contributed by atoms with E-state index in [1.165, 1.54) is 0 Å². The van der Waals surface area contributed by atoms with E-state index in [4.69, 9.17) is 10.5 Å². The summed E-state index contributed by atoms with van der Waals surface area (Å²) < 4.78 is 5.32. The third-order valence-corrected chi connectivity index (χ3v) is 2.78. The molecule has 0 aromatic carbocycles. The Morgan fingerprint density at radius 2 is 2.24 bits per heavy atom. The summed E-state index contributed by atoms with van der Waals surface area (Å²) in [4.78, 5) is 11.9. The second-order valence-electron chi connectivity index (χ2n) is 5.53. The molecule has 5 heteroatoms. The Bertz CT molecular complexity index is 431. The molecule has 0 saturated heterocycles. The van der Waals surface area contributed by atoms with Gasteiger partial charge < -0.3 is 10.5 Å². The first kappa shape index (κ1) is 12.1. The van der Waals surface area contributed by atoms with Crippen molar-refractivity contribution in [2.45, 2.75) is 51.7 Å². The third-order valence-electron chi connectivity index (χ3n) is 2.78. The molecule has 1 heterocycles. The number of fused-ring (bicyclic) bond motifs is 1. The van der Waals surface area contributed by atoms with Gasteiger partial charge in [0.25, 0.3) is 0 Å². The summed E-state index contributed by atoms with van der Waals surface area (Å²) in [6, 6.07) is 0.162. The molecule has 2 rings (SSSR count). The molecule has 0 bridgehead atoms. The van der Waals surface area contributed by atoms with Gasteiger partial charge in [-0.2, -0.15) is 5.10 Å². The molecule has 94 valence electrons. The van der Waals surface area contributed by atoms with Crippen molar-refractivity contribution in [1.82, 2.24) is 10.2 Å². The van der Waals surface area contributed by atoms with E-state index >= 15 is 0 Å². The van der Waals surface area contributed by atoms with Crippen molar-refractivity contribution in [3.8, 4) is 0 Å². The van der Waals surface area contributed by atoms with Crippen LogP contribution < -0.4 is 5.73 Å². The highest BCUT2D eigenvalue weighted by Gasteiger charge is 2.27. The Hall–Kier alpha value is -1.36. The lowest BCUT2D eigenvalue weighted by molar-refractivity contribution is 0.00615. The van der Waals surface area contributed by atoms with Crippen LogP contribution in [0.25, 0.3) is 0 Å². The number of nitrogens with one attached hydrogen (secondary N) is 1. The van der Waals surface area contributed by atoms with Crippen molar-refractivity contribution < 1.29 is 9.53 Å². The van der Waals surface area contributed by atoms with E-state index in [-0.39, 0.29) is 12.0 Å². The fourth-order valence-corrected chi connectivity index (χ4v) is 2.03. The number of aromatic amines is 1. The number of nitrogens with zero attached hydrogens (tertiary/aromatic N) is 1. The van der Waals surface area contributed by atoms with Crippen LogP contribution in [0.4, 0.5) is 0 Å². The molecule has 1 aliphatic carbocycles. The van der Waals surface area contributed by atoms with Gasteiger partial charge in [0.15, 0.2) is 5.69 Å². The first-order valence-corrected chi connectivity index (χ1v) is 5.92. The Balaban J connectivity index is 2.20. The molecule has 0 amide bonds. The van der Waals surface area contributed by atoms with E-state index in [2.05, 4.69) is 10.2 Å². The summed E-state index contributed by atoms with van der Waals surface area (Å²) in [5.74, 6) is -0.356. The fraction of sp³-hybridized carbons (Fsp3) is 0.667. The molecule has 0 spiro atoms. The van der Waals surface area contributed by atoms with E-state index in [0.717, 1.165) is 30.5 Å². The Morgan fingerprint density at radius 1 is 1.53 bits per heavy atom. The molecule has 1 atom stereocenters. The molecule has 3 N–H and O–H groups in total. The van der Waals surface area contributed by atoms with Crippen molar-refractivity contribution in [1.29, 1.82) is 0 Å². The van der Waals surface area contributed by atoms with Crippen molar-refractivity contribution in [2.75, 3.05) is 0 Å². The van der Waals surface area contributed by atoms with Crippen LogP contribution in [-0.4, -0.2) is 27.8 Å². The van der Waals surface area contributed by atoms with Crippen LogP contribution in [0, 0.1) is 0 Å². The zero-order valence-corrected chi connectivity index (χ0v) is 10.5. The van der Waals surface area contributed by atoms with Crippen molar-refractivity contribution in [3.05, 3.63) is 17.0 Å². The zero-order chi connectivity index (χ0) is 12.6. The second kappa shape index (κ2) is 4.14. The van der Waals surface area contributed by atoms with Gasteiger partial charge in [0.1, 0.15) is 5.60 Å². The van der Waals surface area contributed by atoms with Crippen LogP contribution in [0.2, 0.25) is 0 Å². The third kappa shape index (κ3) is 2.66. The number of rotatable bonds is 1. The van der Waals surface area contributed by atoms with E-state index < -0.39 is 5.60 Å². The van der Waals surface area contributed by atoms with Crippen LogP contribution in [-0.2, 0) is 17.6 Å². The molecule has 1 aromatic heterocycles. The summed E-state index contributed by atoms with van der Waals surface area (Å²) in [7, 11) is 0. The molecule has 0 saturated carbocycles. The summed E-state index contributed by atoms with van der Waals surface area (Å²) in [5, 5.41) is 6.95. The topological polar surface area (TPSA) is 81.0 Å². The van der Waals surface area contributed by atoms with Crippen molar-refractivity contribution in [3.63, 3.8) is 0 Å². The van der Waals surface area contributed by atoms with Gasteiger partial charge in [-0.1, -0.05) is 0 Å². The lowest BCUT2D eigenvalue weighted by Crippen LogP contribution is -2.29. The van der Waals surface area contributed by atoms with Crippen molar-refractivity contribution >= 4 is 5.97 Å². The summed E-state index contributed by atoms with van der Waals surface area (Å²) in [6.45, 7) is 5.54. The minimum atomic E-state index is -0.492. The van der Waals surface area contributed by atoms with Crippen LogP contribution >= 0.6 is 0 Å². The van der Waals surface area contributed by atoms with Gasteiger partial charge in [-0.25, -0.2) is 4.79 Å². The second-order valence-corrected chi connectivity index (χ2v) is 5.53. The number of ether oxygens (including phenoxy) is 1. The molecule has 0 radical (unpaired) electrons. The minimum Gasteiger partial charge on any atom is -0.455 e. The van der Waals surface area contributed by atoms with Crippen LogP contribution in [0.3, 0.4) is 0 Å². The SMILES string of the molecule is CC(C)(C)OC(=O)c1n[nH]c2c1CCC(N)C2. The van der Waals surface area contributed by atoms with Crippen LogP contribution in [0.5, 0.6) is 0 Å². The number of carbonyl (C=O) groups is 1. The lowest BCUT2D eigenvalue weighted by Gasteiger charge is -2.20. The Morgan fingerprint density at radius 3 is 2.88 bits per heavy atom. The van der Waals surface area contributed by atoms with Gasteiger partial charge in [0, 0.05) is 23.7 Å². The molecule has 5 nitrogen and oxygen atoms in total. The number of aromatic nitrogens is 2. The smallest absolute Gasteiger partial charge is 0.359 e. The minimum absolute atomic E-state index is 0.162. The van der Waals surface area contributed by atoms with Gasteiger partial charge in [-0.05, 0) is 33.6 Å². The maximum atomic E-state index is 11.9. The molecule has 17 heavy (non-hydrogen) atoms. The number of hydrogen-bond acceptors (Lipinski definition) is 4. The normalized spacial score (nSPS) is 19.9. The van der Waals surface area contributed by atoms with Gasteiger partial charge in [-0.15, -0.1) is 0 Å². The average Bonchev–Trinajstić information content (AvgIpc) is 2.57. The number of hydrogen-bond donors (Lipinski definition) is 2. The number of esters is 1. The van der Waals surface area contributed by atoms with E-state index in [0.29, 0.717) is 5.69 Å². The highest BCUT2D eigenvalue weighted by atomic mass is 16.6. The molecular formula is C12H19N3O2. The summed E-state index contributed by atoms with van der Waals surface area (Å²) in [5.41, 5.74) is 7.75. The number of nitrogens with two attached hydrogens (primary N) is 1. The lowest BCUT2D eigenvalue weighted by atomic mass is 9.92. The molecule has 0 aliphatic heterocycles. The van der Waals surface area contributed by atoms with E-state index in [9.17, 15) is 4.79 Å². The van der Waals surface area contributed by atoms with Crippen molar-refractivity contribution in [2.24, 2.45) is 5.73 Å². The quantitative estimate of drug-likeness (QED) is 0.719. The molecule has 1 aromatic rings. The molecule has 0 fully saturated rings. The van der Waals surface area contributed by atoms with E-state index in [1.54, 1.807) is 0 Å². The number of carbonyl (C=O) groups excluding carboxylic acids is 1. The van der Waals surface area contributed by atoms with E-state index in [1.807, 2.05) is 20.8 Å². The molecular weight excluding hydrogens is 218 g/mol. The molecule has 1 unspecified atom stereocenters. The predicted molar refractivity (Wildman–Crippen MR) is 63.8 cm³/mol. The fourth-order valence-electron chi connectivity index (χ4n) is 2.03. The van der Waals surface area contributed by atoms with Gasteiger partial charge in [-0.3, -0.25) is 5.10 Å². The number of H-pyrrole nitrogens is 1. The highest BCUT2D eigenvalue weighted by Crippen LogP contribution is 2.23. The zero-order valence-electron chi connectivity index (χ0n) is 10.5. The largest absolute Gasteiger partial charge is 0.455 e.